The molecule has 6 heteroatoms. The van der Waals surface area contributed by atoms with Gasteiger partial charge >= 0.3 is 0 Å². The fourth-order valence-corrected chi connectivity index (χ4v) is 3.75. The van der Waals surface area contributed by atoms with Crippen LogP contribution in [-0.2, 0) is 6.54 Å². The molecule has 0 radical (unpaired) electrons. The van der Waals surface area contributed by atoms with Crippen LogP contribution in [0.1, 0.15) is 42.1 Å². The van der Waals surface area contributed by atoms with Crippen molar-refractivity contribution in [2.75, 3.05) is 47.0 Å². The van der Waals surface area contributed by atoms with Crippen LogP contribution in [0.5, 0.6) is 17.2 Å². The highest BCUT2D eigenvalue weighted by Crippen LogP contribution is 2.29. The number of hydrogen-bond acceptors (Lipinski definition) is 5. The van der Waals surface area contributed by atoms with Gasteiger partial charge in [0.2, 0.25) is 0 Å². The van der Waals surface area contributed by atoms with Crippen molar-refractivity contribution in [3.05, 3.63) is 53.6 Å². The van der Waals surface area contributed by atoms with E-state index in [9.17, 15) is 4.79 Å². The molecular formula is C25H34N2O4. The van der Waals surface area contributed by atoms with Crippen LogP contribution in [0.25, 0.3) is 0 Å². The second-order valence-electron chi connectivity index (χ2n) is 7.84. The normalized spacial score (nSPS) is 14.7. The smallest absolute Gasteiger partial charge is 0.254 e. The number of methoxy groups -OCH3 is 2. The van der Waals surface area contributed by atoms with Gasteiger partial charge in [-0.3, -0.25) is 9.69 Å². The Morgan fingerprint density at radius 1 is 0.935 bits per heavy atom. The van der Waals surface area contributed by atoms with E-state index in [1.165, 1.54) is 5.56 Å². The van der Waals surface area contributed by atoms with Crippen molar-refractivity contribution in [2.24, 2.45) is 0 Å². The van der Waals surface area contributed by atoms with E-state index in [0.717, 1.165) is 51.2 Å². The third-order valence-corrected chi connectivity index (χ3v) is 5.61. The maximum absolute atomic E-state index is 13.1. The number of rotatable bonds is 9. The lowest BCUT2D eigenvalue weighted by Gasteiger charge is -2.22. The maximum atomic E-state index is 13.1. The quantitative estimate of drug-likeness (QED) is 0.562. The van der Waals surface area contributed by atoms with Gasteiger partial charge in [-0.1, -0.05) is 25.5 Å². The van der Waals surface area contributed by atoms with Crippen molar-refractivity contribution in [3.8, 4) is 17.2 Å². The molecule has 0 aliphatic carbocycles. The minimum Gasteiger partial charge on any atom is -0.497 e. The topological polar surface area (TPSA) is 51.2 Å². The zero-order valence-corrected chi connectivity index (χ0v) is 18.9. The van der Waals surface area contributed by atoms with Crippen LogP contribution in [0.2, 0.25) is 0 Å². The Labute approximate surface area is 185 Å². The van der Waals surface area contributed by atoms with Crippen molar-refractivity contribution in [3.63, 3.8) is 0 Å². The highest BCUT2D eigenvalue weighted by atomic mass is 16.5. The third kappa shape index (κ3) is 6.37. The summed E-state index contributed by atoms with van der Waals surface area (Å²) >= 11 is 0. The first-order valence-electron chi connectivity index (χ1n) is 11.1. The summed E-state index contributed by atoms with van der Waals surface area (Å²) < 4.78 is 16.5. The molecule has 168 valence electrons. The maximum Gasteiger partial charge on any atom is 0.254 e. The zero-order valence-electron chi connectivity index (χ0n) is 18.9. The number of unbranched alkanes of at least 4 members (excludes halogenated alkanes) is 1. The summed E-state index contributed by atoms with van der Waals surface area (Å²) in [5, 5.41) is 0. The molecule has 1 amide bonds. The average Bonchev–Trinajstić information content (AvgIpc) is 3.05. The van der Waals surface area contributed by atoms with Crippen LogP contribution >= 0.6 is 0 Å². The predicted molar refractivity (Wildman–Crippen MR) is 122 cm³/mol. The van der Waals surface area contributed by atoms with Crippen molar-refractivity contribution in [2.45, 2.75) is 32.7 Å². The second kappa shape index (κ2) is 11.6. The van der Waals surface area contributed by atoms with Gasteiger partial charge in [-0.2, -0.15) is 0 Å². The first-order chi connectivity index (χ1) is 15.1. The van der Waals surface area contributed by atoms with Crippen LogP contribution in [-0.4, -0.2) is 62.7 Å². The Morgan fingerprint density at radius 3 is 2.45 bits per heavy atom. The van der Waals surface area contributed by atoms with E-state index in [1.54, 1.807) is 20.3 Å². The number of hydrogen-bond donors (Lipinski definition) is 0. The molecule has 2 aromatic carbocycles. The lowest BCUT2D eigenvalue weighted by atomic mass is 10.1. The summed E-state index contributed by atoms with van der Waals surface area (Å²) in [4.78, 5) is 17.5. The van der Waals surface area contributed by atoms with Gasteiger partial charge in [-0.05, 0) is 48.7 Å². The second-order valence-corrected chi connectivity index (χ2v) is 7.84. The Morgan fingerprint density at radius 2 is 1.74 bits per heavy atom. The van der Waals surface area contributed by atoms with E-state index in [4.69, 9.17) is 14.2 Å². The number of amides is 1. The summed E-state index contributed by atoms with van der Waals surface area (Å²) in [6.45, 7) is 6.96. The molecule has 31 heavy (non-hydrogen) atoms. The van der Waals surface area contributed by atoms with E-state index in [-0.39, 0.29) is 5.91 Å². The molecule has 0 unspecified atom stereocenters. The van der Waals surface area contributed by atoms with Crippen LogP contribution in [0.4, 0.5) is 0 Å². The molecule has 0 N–H and O–H groups in total. The summed E-state index contributed by atoms with van der Waals surface area (Å²) in [6, 6.07) is 13.7. The molecule has 1 aliphatic heterocycles. The molecule has 0 bridgehead atoms. The average molecular weight is 427 g/mol. The van der Waals surface area contributed by atoms with E-state index >= 15 is 0 Å². The lowest BCUT2D eigenvalue weighted by Crippen LogP contribution is -2.35. The molecule has 1 heterocycles. The number of carbonyl (C=O) groups excluding carboxylic acids is 1. The van der Waals surface area contributed by atoms with Gasteiger partial charge in [0.05, 0.1) is 20.8 Å². The molecule has 0 saturated carbocycles. The van der Waals surface area contributed by atoms with Gasteiger partial charge in [0.25, 0.3) is 5.91 Å². The number of benzene rings is 2. The Balaban J connectivity index is 1.59. The van der Waals surface area contributed by atoms with Gasteiger partial charge in [0.15, 0.2) is 11.5 Å². The molecule has 3 rings (SSSR count). The highest BCUT2D eigenvalue weighted by molar-refractivity contribution is 5.95. The summed E-state index contributed by atoms with van der Waals surface area (Å²) in [5.74, 6) is 2.21. The molecule has 0 aromatic heterocycles. The minimum atomic E-state index is 0.0460. The molecular weight excluding hydrogens is 392 g/mol. The molecule has 2 aromatic rings. The van der Waals surface area contributed by atoms with Crippen LogP contribution in [0.3, 0.4) is 0 Å². The zero-order chi connectivity index (χ0) is 22.1. The number of carbonyl (C=O) groups is 1. The van der Waals surface area contributed by atoms with E-state index in [2.05, 4.69) is 24.0 Å². The molecule has 0 atom stereocenters. The Hall–Kier alpha value is -2.73. The SMILES string of the molecule is CCCCOc1ccc(C(=O)N2CCCN(Cc3ccc(OC)cc3)CC2)cc1OC. The predicted octanol–water partition coefficient (Wildman–Crippen LogP) is 4.23. The lowest BCUT2D eigenvalue weighted by molar-refractivity contribution is 0.0760. The Kier molecular flexibility index (Phi) is 8.59. The van der Waals surface area contributed by atoms with Crippen LogP contribution in [0, 0.1) is 0 Å². The Bertz CT molecular complexity index is 838. The van der Waals surface area contributed by atoms with Gasteiger partial charge in [0, 0.05) is 38.3 Å². The van der Waals surface area contributed by atoms with E-state index in [0.29, 0.717) is 30.2 Å². The van der Waals surface area contributed by atoms with Crippen LogP contribution < -0.4 is 14.2 Å². The van der Waals surface area contributed by atoms with Gasteiger partial charge < -0.3 is 19.1 Å². The molecule has 1 fully saturated rings. The fourth-order valence-electron chi connectivity index (χ4n) is 3.75. The number of nitrogens with zero attached hydrogens (tertiary/aromatic N) is 2. The van der Waals surface area contributed by atoms with E-state index in [1.807, 2.05) is 29.2 Å². The van der Waals surface area contributed by atoms with Crippen molar-refractivity contribution >= 4 is 5.91 Å². The van der Waals surface area contributed by atoms with Crippen LogP contribution in [0.15, 0.2) is 42.5 Å². The third-order valence-electron chi connectivity index (χ3n) is 5.61. The van der Waals surface area contributed by atoms with Gasteiger partial charge in [-0.15, -0.1) is 0 Å². The highest BCUT2D eigenvalue weighted by Gasteiger charge is 2.21. The van der Waals surface area contributed by atoms with E-state index < -0.39 is 0 Å². The summed E-state index contributed by atoms with van der Waals surface area (Å²) in [5.41, 5.74) is 1.90. The first kappa shape index (κ1) is 22.9. The standard InChI is InChI=1S/C25H34N2O4/c1-4-5-17-31-23-12-9-21(18-24(23)30-3)25(28)27-14-6-13-26(15-16-27)19-20-7-10-22(29-2)11-8-20/h7-12,18H,4-6,13-17,19H2,1-3H3. The largest absolute Gasteiger partial charge is 0.497 e. The minimum absolute atomic E-state index is 0.0460. The van der Waals surface area contributed by atoms with Crippen molar-refractivity contribution in [1.82, 2.24) is 9.80 Å². The van der Waals surface area contributed by atoms with Gasteiger partial charge in [0.1, 0.15) is 5.75 Å². The first-order valence-corrected chi connectivity index (χ1v) is 11.1. The van der Waals surface area contributed by atoms with Gasteiger partial charge in [-0.25, -0.2) is 0 Å². The summed E-state index contributed by atoms with van der Waals surface area (Å²) in [6.07, 6.45) is 3.02. The summed E-state index contributed by atoms with van der Waals surface area (Å²) in [7, 11) is 3.29. The monoisotopic (exact) mass is 426 g/mol. The molecule has 1 saturated heterocycles. The van der Waals surface area contributed by atoms with Crippen molar-refractivity contribution < 1.29 is 19.0 Å². The van der Waals surface area contributed by atoms with Crippen molar-refractivity contribution in [1.29, 1.82) is 0 Å². The molecule has 0 spiro atoms. The molecule has 1 aliphatic rings. The fraction of sp³-hybridized carbons (Fsp3) is 0.480. The number of ether oxygens (including phenoxy) is 3. The molecule has 6 nitrogen and oxygen atoms in total.